The van der Waals surface area contributed by atoms with E-state index in [0.717, 1.165) is 41.5 Å². The highest BCUT2D eigenvalue weighted by Gasteiger charge is 2.33. The molecule has 3 aromatic rings. The third-order valence-electron chi connectivity index (χ3n) is 7.17. The largest absolute Gasteiger partial charge is 0.392 e. The predicted molar refractivity (Wildman–Crippen MR) is 157 cm³/mol. The highest BCUT2D eigenvalue weighted by Crippen LogP contribution is 2.39. The number of hydrogen-bond acceptors (Lipinski definition) is 7. The molecule has 0 saturated carbocycles. The molecule has 226 valence electrons. The standard InChI is InChI=1S/C30H36Cl2N4O6/c31-28-29(32)36(19-34-28)17-24-15-25(22-11-9-21(18-37)10-12-22)42-30(41-24)23-13-7-20(8-14-23)16-33-26(38)5-3-1-2-4-6-27(39)35-40/h7-14,19,24-25,30,37,40H,1-6,15-18H2,(H,33,38)(H,35,39). The second-order valence-corrected chi connectivity index (χ2v) is 11.0. The van der Waals surface area contributed by atoms with Crippen molar-refractivity contribution in [2.75, 3.05) is 0 Å². The number of nitrogens with zero attached hydrogens (tertiary/aromatic N) is 2. The number of unbranched alkanes of at least 4 members (excludes halogenated alkanes) is 3. The number of carbonyl (C=O) groups is 2. The number of aliphatic hydroxyl groups is 1. The number of benzene rings is 2. The summed E-state index contributed by atoms with van der Waals surface area (Å²) in [6, 6.07) is 15.4. The van der Waals surface area contributed by atoms with Gasteiger partial charge in [0.25, 0.3) is 0 Å². The molecule has 0 spiro atoms. The highest BCUT2D eigenvalue weighted by molar-refractivity contribution is 6.40. The molecule has 12 heteroatoms. The number of hydroxylamine groups is 1. The smallest absolute Gasteiger partial charge is 0.243 e. The maximum atomic E-state index is 12.3. The van der Waals surface area contributed by atoms with E-state index in [1.54, 1.807) is 16.4 Å². The van der Waals surface area contributed by atoms with Crippen LogP contribution in [0.3, 0.4) is 0 Å². The van der Waals surface area contributed by atoms with Crippen LogP contribution in [0, 0.1) is 0 Å². The van der Waals surface area contributed by atoms with Gasteiger partial charge in [0.05, 0.1) is 31.7 Å². The third-order valence-corrected chi connectivity index (χ3v) is 7.94. The fourth-order valence-electron chi connectivity index (χ4n) is 4.78. The van der Waals surface area contributed by atoms with Crippen LogP contribution in [0.1, 0.15) is 79.6 Å². The zero-order chi connectivity index (χ0) is 29.9. The zero-order valence-corrected chi connectivity index (χ0v) is 24.7. The average molecular weight is 620 g/mol. The summed E-state index contributed by atoms with van der Waals surface area (Å²) in [6.45, 7) is 0.830. The molecule has 0 radical (unpaired) electrons. The van der Waals surface area contributed by atoms with Gasteiger partial charge < -0.3 is 24.5 Å². The molecule has 3 unspecified atom stereocenters. The van der Waals surface area contributed by atoms with Crippen molar-refractivity contribution in [1.82, 2.24) is 20.3 Å². The minimum atomic E-state index is -0.629. The number of ether oxygens (including phenoxy) is 2. The highest BCUT2D eigenvalue weighted by atomic mass is 35.5. The van der Waals surface area contributed by atoms with Crippen molar-refractivity contribution in [3.63, 3.8) is 0 Å². The Morgan fingerprint density at radius 3 is 2.17 bits per heavy atom. The number of amides is 2. The zero-order valence-electron chi connectivity index (χ0n) is 23.2. The minimum Gasteiger partial charge on any atom is -0.392 e. The van der Waals surface area contributed by atoms with E-state index in [-0.39, 0.29) is 36.3 Å². The average Bonchev–Trinajstić information content (AvgIpc) is 3.33. The lowest BCUT2D eigenvalue weighted by atomic mass is 10.00. The third kappa shape index (κ3) is 9.26. The molecule has 0 bridgehead atoms. The number of nitrogens with one attached hydrogen (secondary N) is 2. The summed E-state index contributed by atoms with van der Waals surface area (Å²) < 4.78 is 14.5. The van der Waals surface area contributed by atoms with Crippen LogP contribution >= 0.6 is 23.2 Å². The summed E-state index contributed by atoms with van der Waals surface area (Å²) in [6.07, 6.45) is 4.85. The molecular weight excluding hydrogens is 583 g/mol. The molecule has 1 aromatic heterocycles. The van der Waals surface area contributed by atoms with E-state index in [0.29, 0.717) is 37.5 Å². The first-order valence-corrected chi connectivity index (χ1v) is 14.8. The number of aliphatic hydroxyl groups excluding tert-OH is 1. The van der Waals surface area contributed by atoms with Crippen molar-refractivity contribution in [1.29, 1.82) is 0 Å². The summed E-state index contributed by atoms with van der Waals surface area (Å²) >= 11 is 12.4. The Morgan fingerprint density at radius 2 is 1.55 bits per heavy atom. The maximum Gasteiger partial charge on any atom is 0.243 e. The SMILES string of the molecule is O=C(CCCCCCC(=O)NCc1ccc(C2OC(Cn3cnc(Cl)c3Cl)CC(c3ccc(CO)cc3)O2)cc1)NO. The molecule has 2 heterocycles. The van der Waals surface area contributed by atoms with Gasteiger partial charge in [-0.15, -0.1) is 0 Å². The number of rotatable bonds is 14. The molecule has 42 heavy (non-hydrogen) atoms. The maximum absolute atomic E-state index is 12.3. The Balaban J connectivity index is 1.33. The van der Waals surface area contributed by atoms with Crippen molar-refractivity contribution in [2.45, 2.75) is 83.1 Å². The Hall–Kier alpha value is -2.99. The Kier molecular flexibility index (Phi) is 12.2. The van der Waals surface area contributed by atoms with Gasteiger partial charge in [-0.1, -0.05) is 84.6 Å². The first-order valence-electron chi connectivity index (χ1n) is 14.0. The molecule has 2 aromatic carbocycles. The van der Waals surface area contributed by atoms with E-state index >= 15 is 0 Å². The Bertz CT molecular complexity index is 1300. The van der Waals surface area contributed by atoms with E-state index in [1.807, 2.05) is 48.5 Å². The second-order valence-electron chi connectivity index (χ2n) is 10.3. The van der Waals surface area contributed by atoms with Gasteiger partial charge >= 0.3 is 0 Å². The number of aromatic nitrogens is 2. The summed E-state index contributed by atoms with van der Waals surface area (Å²) in [5.74, 6) is -0.416. The first kappa shape index (κ1) is 31.9. The monoisotopic (exact) mass is 618 g/mol. The van der Waals surface area contributed by atoms with Crippen LogP contribution in [0.5, 0.6) is 0 Å². The summed E-state index contributed by atoms with van der Waals surface area (Å²) in [4.78, 5) is 27.3. The molecule has 0 aliphatic carbocycles. The van der Waals surface area contributed by atoms with Gasteiger partial charge in [-0.25, -0.2) is 10.5 Å². The number of imidazole rings is 1. The molecule has 1 aliphatic heterocycles. The molecular formula is C30H36Cl2N4O6. The van der Waals surface area contributed by atoms with Crippen LogP contribution < -0.4 is 10.8 Å². The topological polar surface area (TPSA) is 135 Å². The number of halogens is 2. The molecule has 4 N–H and O–H groups in total. The molecule has 1 fully saturated rings. The van der Waals surface area contributed by atoms with Gasteiger partial charge in [0.15, 0.2) is 11.4 Å². The lowest BCUT2D eigenvalue weighted by Crippen LogP contribution is -2.32. The van der Waals surface area contributed by atoms with Crippen LogP contribution in [0.15, 0.2) is 54.9 Å². The van der Waals surface area contributed by atoms with E-state index in [4.69, 9.17) is 37.9 Å². The first-order chi connectivity index (χ1) is 20.4. The van der Waals surface area contributed by atoms with Crippen molar-refractivity contribution in [2.24, 2.45) is 0 Å². The predicted octanol–water partition coefficient (Wildman–Crippen LogP) is 5.39. The fraction of sp³-hybridized carbons (Fsp3) is 0.433. The molecule has 4 rings (SSSR count). The fourth-order valence-corrected chi connectivity index (χ4v) is 5.10. The second kappa shape index (κ2) is 16.0. The molecule has 10 nitrogen and oxygen atoms in total. The van der Waals surface area contributed by atoms with Gasteiger partial charge in [0.2, 0.25) is 11.8 Å². The van der Waals surface area contributed by atoms with Gasteiger partial charge in [0, 0.05) is 31.4 Å². The lowest BCUT2D eigenvalue weighted by molar-refractivity contribution is -0.252. The van der Waals surface area contributed by atoms with Gasteiger partial charge in [-0.2, -0.15) is 0 Å². The molecule has 3 atom stereocenters. The van der Waals surface area contributed by atoms with Crippen molar-refractivity contribution >= 4 is 35.0 Å². The number of hydrogen-bond donors (Lipinski definition) is 4. The summed E-state index contributed by atoms with van der Waals surface area (Å²) in [7, 11) is 0. The normalized spacial score (nSPS) is 18.5. The van der Waals surface area contributed by atoms with Crippen LogP contribution in [-0.2, 0) is 38.8 Å². The van der Waals surface area contributed by atoms with E-state index in [1.165, 1.54) is 0 Å². The van der Waals surface area contributed by atoms with E-state index in [9.17, 15) is 14.7 Å². The summed E-state index contributed by atoms with van der Waals surface area (Å²) in [5, 5.41) is 21.5. The van der Waals surface area contributed by atoms with Gasteiger partial charge in [-0.05, 0) is 29.5 Å². The quantitative estimate of drug-likeness (QED) is 0.108. The molecule has 1 aliphatic rings. The Morgan fingerprint density at radius 1 is 0.905 bits per heavy atom. The summed E-state index contributed by atoms with van der Waals surface area (Å²) in [5.41, 5.74) is 5.22. The van der Waals surface area contributed by atoms with Crippen LogP contribution in [0.2, 0.25) is 10.3 Å². The van der Waals surface area contributed by atoms with E-state index in [2.05, 4.69) is 10.3 Å². The van der Waals surface area contributed by atoms with Crippen LogP contribution in [-0.4, -0.2) is 37.8 Å². The van der Waals surface area contributed by atoms with Crippen LogP contribution in [0.4, 0.5) is 0 Å². The van der Waals surface area contributed by atoms with Crippen molar-refractivity contribution < 1.29 is 29.4 Å². The lowest BCUT2D eigenvalue weighted by Gasteiger charge is -2.36. The van der Waals surface area contributed by atoms with Crippen molar-refractivity contribution in [3.8, 4) is 0 Å². The van der Waals surface area contributed by atoms with Gasteiger partial charge in [-0.3, -0.25) is 14.8 Å². The Labute approximate surface area is 254 Å². The minimum absolute atomic E-state index is 0.0257. The van der Waals surface area contributed by atoms with Crippen LogP contribution in [0.25, 0.3) is 0 Å². The molecule has 1 saturated heterocycles. The van der Waals surface area contributed by atoms with Crippen molar-refractivity contribution in [3.05, 3.63) is 87.4 Å². The van der Waals surface area contributed by atoms with Gasteiger partial charge in [0.1, 0.15) is 5.15 Å². The number of carbonyl (C=O) groups excluding carboxylic acids is 2. The van der Waals surface area contributed by atoms with E-state index < -0.39 is 12.2 Å². The molecule has 2 amide bonds.